The standard InChI is InChI=1S/C13H16O2/c1-4-5-11-6-7-12(8-13(14)15)10(3)9(11)2/h4,6-7H,1,5,8H2,2-3H3,(H,14,15). The molecule has 80 valence electrons. The van der Waals surface area contributed by atoms with Gasteiger partial charge in [-0.15, -0.1) is 6.58 Å². The van der Waals surface area contributed by atoms with Gasteiger partial charge >= 0.3 is 5.97 Å². The van der Waals surface area contributed by atoms with E-state index in [1.807, 2.05) is 32.1 Å². The van der Waals surface area contributed by atoms with E-state index in [4.69, 9.17) is 5.11 Å². The lowest BCUT2D eigenvalue weighted by atomic mass is 9.95. The van der Waals surface area contributed by atoms with Crippen molar-refractivity contribution in [2.75, 3.05) is 0 Å². The molecule has 0 aliphatic rings. The Morgan fingerprint density at radius 2 is 1.87 bits per heavy atom. The molecule has 0 unspecified atom stereocenters. The molecule has 0 spiro atoms. The highest BCUT2D eigenvalue weighted by atomic mass is 16.4. The first-order chi connectivity index (χ1) is 7.06. The van der Waals surface area contributed by atoms with E-state index >= 15 is 0 Å². The highest BCUT2D eigenvalue weighted by molar-refractivity contribution is 5.71. The Kier molecular flexibility index (Phi) is 3.67. The number of rotatable bonds is 4. The third-order valence-electron chi connectivity index (χ3n) is 2.72. The van der Waals surface area contributed by atoms with Crippen LogP contribution < -0.4 is 0 Å². The lowest BCUT2D eigenvalue weighted by molar-refractivity contribution is -0.136. The van der Waals surface area contributed by atoms with E-state index in [1.54, 1.807) is 0 Å². The van der Waals surface area contributed by atoms with E-state index in [9.17, 15) is 4.79 Å². The number of hydrogen-bond acceptors (Lipinski definition) is 1. The molecule has 15 heavy (non-hydrogen) atoms. The van der Waals surface area contributed by atoms with Gasteiger partial charge in [0.15, 0.2) is 0 Å². The zero-order chi connectivity index (χ0) is 11.4. The zero-order valence-electron chi connectivity index (χ0n) is 9.21. The quantitative estimate of drug-likeness (QED) is 0.765. The maximum Gasteiger partial charge on any atom is 0.307 e. The van der Waals surface area contributed by atoms with Crippen molar-refractivity contribution in [3.8, 4) is 0 Å². The van der Waals surface area contributed by atoms with Gasteiger partial charge < -0.3 is 5.11 Å². The van der Waals surface area contributed by atoms with Crippen LogP contribution in [0.4, 0.5) is 0 Å². The average Bonchev–Trinajstić information content (AvgIpc) is 2.17. The summed E-state index contributed by atoms with van der Waals surface area (Å²) >= 11 is 0. The number of aliphatic carboxylic acids is 1. The highest BCUT2D eigenvalue weighted by Gasteiger charge is 2.08. The fourth-order valence-corrected chi connectivity index (χ4v) is 1.66. The van der Waals surface area contributed by atoms with Crippen LogP contribution in [0, 0.1) is 13.8 Å². The van der Waals surface area contributed by atoms with Crippen molar-refractivity contribution in [3.63, 3.8) is 0 Å². The summed E-state index contributed by atoms with van der Waals surface area (Å²) in [5, 5.41) is 8.74. The second kappa shape index (κ2) is 4.78. The third kappa shape index (κ3) is 2.69. The van der Waals surface area contributed by atoms with Crippen LogP contribution in [-0.4, -0.2) is 11.1 Å². The molecule has 0 heterocycles. The summed E-state index contributed by atoms with van der Waals surface area (Å²) < 4.78 is 0. The van der Waals surface area contributed by atoms with Crippen LogP contribution in [0.2, 0.25) is 0 Å². The second-order valence-corrected chi connectivity index (χ2v) is 3.70. The van der Waals surface area contributed by atoms with Crippen LogP contribution in [0.25, 0.3) is 0 Å². The number of allylic oxidation sites excluding steroid dienone is 1. The average molecular weight is 204 g/mol. The summed E-state index contributed by atoms with van der Waals surface area (Å²) in [5.41, 5.74) is 4.37. The first-order valence-corrected chi connectivity index (χ1v) is 4.97. The van der Waals surface area contributed by atoms with Crippen molar-refractivity contribution in [1.82, 2.24) is 0 Å². The number of carboxylic acid groups (broad SMARTS) is 1. The van der Waals surface area contributed by atoms with Crippen LogP contribution in [0.5, 0.6) is 0 Å². The molecule has 0 saturated heterocycles. The molecule has 2 heteroatoms. The molecule has 0 aliphatic carbocycles. The summed E-state index contributed by atoms with van der Waals surface area (Å²) in [4.78, 5) is 10.6. The zero-order valence-corrected chi connectivity index (χ0v) is 9.21. The minimum Gasteiger partial charge on any atom is -0.481 e. The predicted molar refractivity (Wildman–Crippen MR) is 61.2 cm³/mol. The molecule has 2 nitrogen and oxygen atoms in total. The van der Waals surface area contributed by atoms with Crippen molar-refractivity contribution >= 4 is 5.97 Å². The van der Waals surface area contributed by atoms with Gasteiger partial charge in [0.25, 0.3) is 0 Å². The van der Waals surface area contributed by atoms with Crippen molar-refractivity contribution < 1.29 is 9.90 Å². The van der Waals surface area contributed by atoms with Crippen LogP contribution >= 0.6 is 0 Å². The van der Waals surface area contributed by atoms with E-state index in [2.05, 4.69) is 6.58 Å². The summed E-state index contributed by atoms with van der Waals surface area (Å²) in [6.45, 7) is 7.70. The smallest absolute Gasteiger partial charge is 0.307 e. The molecule has 1 aromatic rings. The van der Waals surface area contributed by atoms with Crippen molar-refractivity contribution in [2.45, 2.75) is 26.7 Å². The summed E-state index contributed by atoms with van der Waals surface area (Å²) in [7, 11) is 0. The molecule has 0 aliphatic heterocycles. The second-order valence-electron chi connectivity index (χ2n) is 3.70. The number of carbonyl (C=O) groups is 1. The predicted octanol–water partition coefficient (Wildman–Crippen LogP) is 2.66. The van der Waals surface area contributed by atoms with Crippen molar-refractivity contribution in [2.24, 2.45) is 0 Å². The van der Waals surface area contributed by atoms with Gasteiger partial charge in [-0.1, -0.05) is 18.2 Å². The maximum atomic E-state index is 10.6. The Morgan fingerprint density at radius 1 is 1.33 bits per heavy atom. The monoisotopic (exact) mass is 204 g/mol. The Balaban J connectivity index is 3.08. The lowest BCUT2D eigenvalue weighted by Crippen LogP contribution is -2.04. The van der Waals surface area contributed by atoms with Crippen LogP contribution in [0.15, 0.2) is 24.8 Å². The van der Waals surface area contributed by atoms with Gasteiger partial charge in [0.05, 0.1) is 6.42 Å². The molecule has 0 fully saturated rings. The van der Waals surface area contributed by atoms with E-state index in [0.717, 1.165) is 17.5 Å². The van der Waals surface area contributed by atoms with Gasteiger partial charge in [-0.25, -0.2) is 0 Å². The maximum absolute atomic E-state index is 10.6. The minimum atomic E-state index is -0.783. The minimum absolute atomic E-state index is 0.0983. The van der Waals surface area contributed by atoms with Crippen LogP contribution in [0.1, 0.15) is 22.3 Å². The third-order valence-corrected chi connectivity index (χ3v) is 2.72. The molecular formula is C13H16O2. The molecule has 1 rings (SSSR count). The van der Waals surface area contributed by atoms with Crippen molar-refractivity contribution in [1.29, 1.82) is 0 Å². The molecular weight excluding hydrogens is 188 g/mol. The summed E-state index contributed by atoms with van der Waals surface area (Å²) in [6.07, 6.45) is 2.79. The highest BCUT2D eigenvalue weighted by Crippen LogP contribution is 2.19. The van der Waals surface area contributed by atoms with E-state index in [1.165, 1.54) is 11.1 Å². The fourth-order valence-electron chi connectivity index (χ4n) is 1.66. The first kappa shape index (κ1) is 11.5. The lowest BCUT2D eigenvalue weighted by Gasteiger charge is -2.11. The first-order valence-electron chi connectivity index (χ1n) is 4.97. The van der Waals surface area contributed by atoms with Gasteiger partial charge in [0.1, 0.15) is 0 Å². The number of hydrogen-bond donors (Lipinski definition) is 1. The van der Waals surface area contributed by atoms with Gasteiger partial charge in [-0.2, -0.15) is 0 Å². The summed E-state index contributed by atoms with van der Waals surface area (Å²) in [5.74, 6) is -0.783. The Labute approximate surface area is 90.3 Å². The molecule has 1 aromatic carbocycles. The van der Waals surface area contributed by atoms with E-state index in [0.29, 0.717) is 0 Å². The fraction of sp³-hybridized carbons (Fsp3) is 0.308. The molecule has 0 bridgehead atoms. The van der Waals surface area contributed by atoms with Crippen LogP contribution in [0.3, 0.4) is 0 Å². The molecule has 0 atom stereocenters. The largest absolute Gasteiger partial charge is 0.481 e. The van der Waals surface area contributed by atoms with Gasteiger partial charge in [0, 0.05) is 0 Å². The SMILES string of the molecule is C=CCc1ccc(CC(=O)O)c(C)c1C. The normalized spacial score (nSPS) is 10.0. The Morgan fingerprint density at radius 3 is 2.40 bits per heavy atom. The molecule has 0 aromatic heterocycles. The molecule has 0 radical (unpaired) electrons. The molecule has 1 N–H and O–H groups in total. The van der Waals surface area contributed by atoms with E-state index in [-0.39, 0.29) is 6.42 Å². The van der Waals surface area contributed by atoms with Crippen LogP contribution in [-0.2, 0) is 17.6 Å². The Hall–Kier alpha value is -1.57. The summed E-state index contributed by atoms with van der Waals surface area (Å²) in [6, 6.07) is 3.89. The van der Waals surface area contributed by atoms with Crippen molar-refractivity contribution in [3.05, 3.63) is 47.0 Å². The molecule has 0 amide bonds. The Bertz CT molecular complexity index is 392. The number of carboxylic acids is 1. The van der Waals surface area contributed by atoms with Gasteiger partial charge in [-0.05, 0) is 42.5 Å². The van der Waals surface area contributed by atoms with E-state index < -0.39 is 5.97 Å². The van der Waals surface area contributed by atoms with Gasteiger partial charge in [-0.3, -0.25) is 4.79 Å². The topological polar surface area (TPSA) is 37.3 Å². The number of benzene rings is 1. The van der Waals surface area contributed by atoms with Gasteiger partial charge in [0.2, 0.25) is 0 Å². The molecule has 0 saturated carbocycles.